The molecule has 2 aromatic rings. The van der Waals surface area contributed by atoms with Gasteiger partial charge in [0.05, 0.1) is 11.2 Å². The number of aliphatic hydroxyl groups is 1. The molecule has 5 aliphatic rings. The summed E-state index contributed by atoms with van der Waals surface area (Å²) >= 11 is 0. The van der Waals surface area contributed by atoms with Crippen molar-refractivity contribution in [3.8, 4) is 0 Å². The first-order chi connectivity index (χ1) is 19.6. The minimum absolute atomic E-state index is 0.0206. The van der Waals surface area contributed by atoms with Crippen molar-refractivity contribution in [3.63, 3.8) is 0 Å². The maximum atomic E-state index is 13.7. The lowest BCUT2D eigenvalue weighted by Gasteiger charge is -2.59. The molecule has 7 rings (SSSR count). The summed E-state index contributed by atoms with van der Waals surface area (Å²) in [5, 5.41) is 12.3. The third kappa shape index (κ3) is 3.47. The third-order valence-electron chi connectivity index (χ3n) is 9.92. The monoisotopic (exact) mass is 554 g/mol. The van der Waals surface area contributed by atoms with E-state index in [0.717, 1.165) is 5.57 Å². The van der Waals surface area contributed by atoms with Gasteiger partial charge in [0.15, 0.2) is 5.78 Å². The van der Waals surface area contributed by atoms with Gasteiger partial charge in [0, 0.05) is 23.8 Å². The van der Waals surface area contributed by atoms with Gasteiger partial charge in [-0.05, 0) is 55.0 Å². The topological polar surface area (TPSA) is 91.3 Å². The van der Waals surface area contributed by atoms with Crippen LogP contribution in [0.2, 0.25) is 0 Å². The Morgan fingerprint density at radius 3 is 2.44 bits per heavy atom. The van der Waals surface area contributed by atoms with Crippen molar-refractivity contribution in [2.75, 3.05) is 6.61 Å². The van der Waals surface area contributed by atoms with E-state index in [0.29, 0.717) is 28.7 Å². The summed E-state index contributed by atoms with van der Waals surface area (Å²) in [6.45, 7) is 10.0. The normalized spacial score (nSPS) is 40.2. The second-order valence-corrected chi connectivity index (χ2v) is 12.3. The van der Waals surface area contributed by atoms with E-state index in [1.54, 1.807) is 31.2 Å². The van der Waals surface area contributed by atoms with Crippen molar-refractivity contribution in [3.05, 3.63) is 107 Å². The number of hydrogen-bond acceptors (Lipinski definition) is 7. The van der Waals surface area contributed by atoms with Crippen LogP contribution in [0.15, 0.2) is 96.1 Å². The third-order valence-corrected chi connectivity index (χ3v) is 9.92. The van der Waals surface area contributed by atoms with Gasteiger partial charge in [-0.25, -0.2) is 4.79 Å². The van der Waals surface area contributed by atoms with E-state index in [1.807, 2.05) is 55.5 Å². The van der Waals surface area contributed by atoms with Gasteiger partial charge < -0.3 is 24.1 Å². The van der Waals surface area contributed by atoms with Crippen molar-refractivity contribution in [1.82, 2.24) is 0 Å². The summed E-state index contributed by atoms with van der Waals surface area (Å²) in [5.74, 6) is -3.57. The Morgan fingerprint density at radius 1 is 1.07 bits per heavy atom. The summed E-state index contributed by atoms with van der Waals surface area (Å²) in [6.07, 6.45) is 3.95. The van der Waals surface area contributed by atoms with E-state index in [4.69, 9.17) is 18.9 Å². The van der Waals surface area contributed by atoms with E-state index >= 15 is 0 Å². The second kappa shape index (κ2) is 8.82. The van der Waals surface area contributed by atoms with Crippen molar-refractivity contribution in [2.24, 2.45) is 17.8 Å². The number of Topliss-reactive ketones (excluding diaryl/α,β-unsaturated/α-hetero) is 1. The fourth-order valence-electron chi connectivity index (χ4n) is 8.07. The fraction of sp³-hybridized carbons (Fsp3) is 0.412. The van der Waals surface area contributed by atoms with Crippen LogP contribution in [0.1, 0.15) is 49.5 Å². The molecule has 3 fully saturated rings. The molecule has 3 aliphatic carbocycles. The Bertz CT molecular complexity index is 1510. The summed E-state index contributed by atoms with van der Waals surface area (Å²) in [5.41, 5.74) is -0.567. The first-order valence-corrected chi connectivity index (χ1v) is 14.2. The van der Waals surface area contributed by atoms with E-state index < -0.39 is 46.7 Å². The van der Waals surface area contributed by atoms with Crippen molar-refractivity contribution >= 4 is 11.8 Å². The number of benzene rings is 2. The largest absolute Gasteiger partial charge is 0.458 e. The van der Waals surface area contributed by atoms with Gasteiger partial charge in [-0.1, -0.05) is 74.2 Å². The van der Waals surface area contributed by atoms with Crippen LogP contribution in [-0.2, 0) is 29.7 Å². The predicted molar refractivity (Wildman–Crippen MR) is 149 cm³/mol. The molecule has 0 spiro atoms. The molecular weight excluding hydrogens is 520 g/mol. The maximum absolute atomic E-state index is 13.7. The van der Waals surface area contributed by atoms with Crippen LogP contribution in [-0.4, -0.2) is 46.4 Å². The molecule has 0 amide bonds. The number of fused-ring (bicyclic) bond motifs is 2. The van der Waals surface area contributed by atoms with Crippen LogP contribution in [0.25, 0.3) is 0 Å². The summed E-state index contributed by atoms with van der Waals surface area (Å²) < 4.78 is 26.5. The minimum atomic E-state index is -1.77. The van der Waals surface area contributed by atoms with Crippen molar-refractivity contribution < 1.29 is 33.6 Å². The van der Waals surface area contributed by atoms with Gasteiger partial charge in [-0.3, -0.25) is 4.79 Å². The number of ketones is 1. The molecule has 2 aromatic carbocycles. The Hall–Kier alpha value is -3.36. The molecule has 3 bridgehead atoms. The second-order valence-electron chi connectivity index (χ2n) is 12.3. The van der Waals surface area contributed by atoms with E-state index in [2.05, 4.69) is 13.5 Å². The quantitative estimate of drug-likeness (QED) is 0.410. The lowest BCUT2D eigenvalue weighted by atomic mass is 9.55. The van der Waals surface area contributed by atoms with Gasteiger partial charge in [-0.2, -0.15) is 0 Å². The minimum Gasteiger partial charge on any atom is -0.458 e. The molecule has 1 saturated carbocycles. The molecule has 2 heterocycles. The van der Waals surface area contributed by atoms with Crippen LogP contribution in [0.4, 0.5) is 0 Å². The molecule has 8 atom stereocenters. The number of carbonyl (C=O) groups is 2. The lowest BCUT2D eigenvalue weighted by molar-refractivity contribution is -0.433. The standard InChI is InChI=1S/C34H34O7/c1-20(2)32-17-22(4)33-26(29(32)39-34(40-32,41-33)25-13-9-6-10-14-25)16-23(18-31(37)27(33)15-21(3)28(31)35)19-38-30(36)24-11-7-5-8-12-24/h5-16,22,26-27,29,37H,1,17-19H2,2-4H3/t22-,26+,27-,29-,31-,32-,33-,34?/m1/s1. The number of hydrogen-bond donors (Lipinski definition) is 1. The maximum Gasteiger partial charge on any atom is 0.338 e. The van der Waals surface area contributed by atoms with Crippen molar-refractivity contribution in [1.29, 1.82) is 0 Å². The molecule has 2 aliphatic heterocycles. The molecule has 7 heteroatoms. The van der Waals surface area contributed by atoms with E-state index in [1.165, 1.54) is 0 Å². The Kier molecular flexibility index (Phi) is 5.71. The molecule has 1 N–H and O–H groups in total. The molecule has 7 nitrogen and oxygen atoms in total. The summed E-state index contributed by atoms with van der Waals surface area (Å²) in [4.78, 5) is 26.5. The highest BCUT2D eigenvalue weighted by molar-refractivity contribution is 6.05. The highest BCUT2D eigenvalue weighted by Crippen LogP contribution is 2.69. The summed E-state index contributed by atoms with van der Waals surface area (Å²) in [7, 11) is 0. The Morgan fingerprint density at radius 2 is 1.76 bits per heavy atom. The Labute approximate surface area is 239 Å². The Balaban J connectivity index is 1.38. The van der Waals surface area contributed by atoms with Gasteiger partial charge >= 0.3 is 11.9 Å². The summed E-state index contributed by atoms with van der Waals surface area (Å²) in [6, 6.07) is 18.3. The molecule has 1 unspecified atom stereocenters. The zero-order valence-electron chi connectivity index (χ0n) is 23.5. The fourth-order valence-corrected chi connectivity index (χ4v) is 8.07. The van der Waals surface area contributed by atoms with Crippen molar-refractivity contribution in [2.45, 2.75) is 62.5 Å². The molecular formula is C34H34O7. The van der Waals surface area contributed by atoms with Crippen LogP contribution < -0.4 is 0 Å². The molecule has 2 saturated heterocycles. The van der Waals surface area contributed by atoms with Gasteiger partial charge in [0.1, 0.15) is 23.9 Å². The average Bonchev–Trinajstić information content (AvgIpc) is 3.29. The smallest absolute Gasteiger partial charge is 0.338 e. The molecule has 0 radical (unpaired) electrons. The van der Waals surface area contributed by atoms with E-state index in [9.17, 15) is 14.7 Å². The highest BCUT2D eigenvalue weighted by atomic mass is 16.9. The number of ether oxygens (including phenoxy) is 4. The molecule has 0 aromatic heterocycles. The zero-order chi connectivity index (χ0) is 28.8. The van der Waals surface area contributed by atoms with Crippen LogP contribution in [0.3, 0.4) is 0 Å². The highest BCUT2D eigenvalue weighted by Gasteiger charge is 2.79. The SMILES string of the molecule is C=C(C)[C@]12C[C@@H](C)[C@@]34OC(c5ccccc5)(O[C@@H]1[C@@H]3C=C(COC(=O)c1ccccc1)C[C@]1(O)C(=O)C(C)=C[C@@H]41)O2. The van der Waals surface area contributed by atoms with Crippen LogP contribution in [0, 0.1) is 17.8 Å². The van der Waals surface area contributed by atoms with E-state index in [-0.39, 0.29) is 24.7 Å². The molecule has 41 heavy (non-hydrogen) atoms. The number of rotatable bonds is 5. The van der Waals surface area contributed by atoms with Gasteiger partial charge in [-0.15, -0.1) is 0 Å². The lowest BCUT2D eigenvalue weighted by Crippen LogP contribution is -2.70. The predicted octanol–water partition coefficient (Wildman–Crippen LogP) is 5.02. The first-order valence-electron chi connectivity index (χ1n) is 14.2. The van der Waals surface area contributed by atoms with Gasteiger partial charge in [0.2, 0.25) is 0 Å². The zero-order valence-corrected chi connectivity index (χ0v) is 23.5. The first kappa shape index (κ1) is 26.5. The molecule has 212 valence electrons. The van der Waals surface area contributed by atoms with Crippen LogP contribution in [0.5, 0.6) is 0 Å². The number of esters is 1. The number of carbonyl (C=O) groups excluding carboxylic acids is 2. The van der Waals surface area contributed by atoms with Gasteiger partial charge in [0.25, 0.3) is 0 Å². The van der Waals surface area contributed by atoms with Crippen LogP contribution >= 0.6 is 0 Å². The average molecular weight is 555 g/mol.